The maximum atomic E-state index is 11.9. The molecule has 1 aromatic carbocycles. The van der Waals surface area contributed by atoms with E-state index in [0.717, 1.165) is 11.1 Å². The summed E-state index contributed by atoms with van der Waals surface area (Å²) in [6, 6.07) is 3.76. The lowest BCUT2D eigenvalue weighted by Crippen LogP contribution is -2.28. The number of fused-ring (bicyclic) bond motifs is 1. The Kier molecular flexibility index (Phi) is 4.65. The van der Waals surface area contributed by atoms with Crippen molar-refractivity contribution in [3.63, 3.8) is 0 Å². The summed E-state index contributed by atoms with van der Waals surface area (Å²) in [5.41, 5.74) is 0.653. The molecule has 0 bridgehead atoms. The Balaban J connectivity index is 2.12. The monoisotopic (exact) mass is 371 g/mol. The number of aromatic nitrogens is 2. The first-order valence-electron chi connectivity index (χ1n) is 8.33. The lowest BCUT2D eigenvalue weighted by atomic mass is 9.86. The molecule has 0 unspecified atom stereocenters. The summed E-state index contributed by atoms with van der Waals surface area (Å²) in [5.74, 6) is 0.706. The predicted molar refractivity (Wildman–Crippen MR) is 102 cm³/mol. The molecule has 0 aliphatic carbocycles. The second-order valence-corrected chi connectivity index (χ2v) is 6.85. The molecule has 0 saturated heterocycles. The Morgan fingerprint density at radius 2 is 1.78 bits per heavy atom. The highest BCUT2D eigenvalue weighted by molar-refractivity contribution is 6.13. The van der Waals surface area contributed by atoms with Gasteiger partial charge in [-0.25, -0.2) is 4.79 Å². The molecule has 0 spiro atoms. The highest BCUT2D eigenvalue weighted by Crippen LogP contribution is 2.36. The average Bonchev–Trinajstić information content (AvgIpc) is 2.58. The van der Waals surface area contributed by atoms with Crippen molar-refractivity contribution in [3.8, 4) is 17.4 Å². The molecule has 0 saturated carbocycles. The van der Waals surface area contributed by atoms with Gasteiger partial charge in [-0.3, -0.25) is 19.8 Å². The molecule has 0 atom stereocenters. The Morgan fingerprint density at radius 3 is 2.41 bits per heavy atom. The molecule has 2 aromatic rings. The van der Waals surface area contributed by atoms with E-state index in [2.05, 4.69) is 9.97 Å². The first-order chi connectivity index (χ1) is 12.7. The second-order valence-electron chi connectivity index (χ2n) is 6.85. The zero-order chi connectivity index (χ0) is 19.8. The van der Waals surface area contributed by atoms with Gasteiger partial charge < -0.3 is 14.6 Å². The highest BCUT2D eigenvalue weighted by Gasteiger charge is 2.27. The van der Waals surface area contributed by atoms with Gasteiger partial charge in [0.05, 0.1) is 31.0 Å². The molecule has 27 heavy (non-hydrogen) atoms. The van der Waals surface area contributed by atoms with Crippen LogP contribution in [0, 0.1) is 0 Å². The fraction of sp³-hybridized carbons (Fsp3) is 0.316. The Hall–Kier alpha value is -3.29. The Labute approximate surface area is 155 Å². The van der Waals surface area contributed by atoms with E-state index in [0.29, 0.717) is 23.6 Å². The summed E-state index contributed by atoms with van der Waals surface area (Å²) in [5, 5.41) is 9.85. The van der Waals surface area contributed by atoms with Gasteiger partial charge in [0.1, 0.15) is 0 Å². The summed E-state index contributed by atoms with van der Waals surface area (Å²) < 4.78 is 10.8. The molecule has 3 rings (SSSR count). The first-order valence-corrected chi connectivity index (χ1v) is 8.33. The van der Waals surface area contributed by atoms with Crippen LogP contribution in [0.15, 0.2) is 32.8 Å². The molecule has 8 nitrogen and oxygen atoms in total. The SMILES string of the molecule is COc1cc2c(cc1OC)C(/C=C/c1c(O)[nH]c(=O)[nH]c1=O)=NC(C)(C)C2. The molecule has 1 aliphatic rings. The minimum atomic E-state index is -0.770. The van der Waals surface area contributed by atoms with Gasteiger partial charge in [0, 0.05) is 5.56 Å². The summed E-state index contributed by atoms with van der Waals surface area (Å²) in [6.45, 7) is 4.01. The number of hydrogen-bond donors (Lipinski definition) is 3. The van der Waals surface area contributed by atoms with Gasteiger partial charge in [0.25, 0.3) is 5.56 Å². The van der Waals surface area contributed by atoms with E-state index in [1.165, 1.54) is 6.08 Å². The number of aliphatic imine (C=N–C) groups is 1. The zero-order valence-electron chi connectivity index (χ0n) is 15.5. The van der Waals surface area contributed by atoms with E-state index in [1.807, 2.05) is 26.0 Å². The molecule has 1 aliphatic heterocycles. The summed E-state index contributed by atoms with van der Waals surface area (Å²) in [4.78, 5) is 32.1. The molecule has 0 fully saturated rings. The number of aromatic amines is 2. The van der Waals surface area contributed by atoms with Crippen molar-refractivity contribution in [2.75, 3.05) is 14.2 Å². The van der Waals surface area contributed by atoms with Gasteiger partial charge in [-0.15, -0.1) is 0 Å². The number of benzene rings is 1. The quantitative estimate of drug-likeness (QED) is 0.755. The van der Waals surface area contributed by atoms with Gasteiger partial charge in [-0.2, -0.15) is 0 Å². The van der Waals surface area contributed by atoms with Crippen LogP contribution in [-0.2, 0) is 6.42 Å². The largest absolute Gasteiger partial charge is 0.494 e. The number of nitrogens with zero attached hydrogens (tertiary/aromatic N) is 1. The van der Waals surface area contributed by atoms with E-state index < -0.39 is 17.1 Å². The van der Waals surface area contributed by atoms with Gasteiger partial charge in [-0.1, -0.05) is 0 Å². The van der Waals surface area contributed by atoms with Crippen LogP contribution in [0.4, 0.5) is 0 Å². The van der Waals surface area contributed by atoms with Crippen LogP contribution in [0.25, 0.3) is 6.08 Å². The summed E-state index contributed by atoms with van der Waals surface area (Å²) in [6.07, 6.45) is 3.77. The molecule has 8 heteroatoms. The molecule has 0 amide bonds. The van der Waals surface area contributed by atoms with Crippen molar-refractivity contribution in [2.45, 2.75) is 25.8 Å². The zero-order valence-corrected chi connectivity index (χ0v) is 15.5. The molecule has 0 radical (unpaired) electrons. The first kappa shape index (κ1) is 18.5. The molecular weight excluding hydrogens is 350 g/mol. The molecule has 3 N–H and O–H groups in total. The summed E-state index contributed by atoms with van der Waals surface area (Å²) >= 11 is 0. The van der Waals surface area contributed by atoms with Crippen LogP contribution in [0.3, 0.4) is 0 Å². The minimum absolute atomic E-state index is 0.0530. The third kappa shape index (κ3) is 3.64. The topological polar surface area (TPSA) is 117 Å². The third-order valence-electron chi connectivity index (χ3n) is 4.30. The maximum absolute atomic E-state index is 11.9. The van der Waals surface area contributed by atoms with Crippen LogP contribution in [0.1, 0.15) is 30.5 Å². The van der Waals surface area contributed by atoms with Crippen molar-refractivity contribution < 1.29 is 14.6 Å². The van der Waals surface area contributed by atoms with Gasteiger partial charge in [-0.05, 0) is 50.1 Å². The fourth-order valence-corrected chi connectivity index (χ4v) is 3.13. The lowest BCUT2D eigenvalue weighted by Gasteiger charge is -2.29. The van der Waals surface area contributed by atoms with Gasteiger partial charge in [0.2, 0.25) is 5.88 Å². The van der Waals surface area contributed by atoms with Crippen molar-refractivity contribution >= 4 is 11.8 Å². The second kappa shape index (κ2) is 6.79. The Morgan fingerprint density at radius 1 is 1.11 bits per heavy atom. The standard InChI is InChI=1S/C19H21N3O5/c1-19(2)9-10-7-14(26-3)15(27-4)8-12(10)13(22-19)6-5-11-16(23)20-18(25)21-17(11)24/h5-8H,9H2,1-4H3,(H3,20,21,23,24,25)/b6-5+. The van der Waals surface area contributed by atoms with Crippen LogP contribution >= 0.6 is 0 Å². The lowest BCUT2D eigenvalue weighted by molar-refractivity contribution is 0.354. The van der Waals surface area contributed by atoms with Crippen molar-refractivity contribution in [1.29, 1.82) is 0 Å². The van der Waals surface area contributed by atoms with E-state index >= 15 is 0 Å². The number of ether oxygens (including phenoxy) is 2. The van der Waals surface area contributed by atoms with Crippen LogP contribution < -0.4 is 20.7 Å². The minimum Gasteiger partial charge on any atom is -0.494 e. The number of hydrogen-bond acceptors (Lipinski definition) is 6. The van der Waals surface area contributed by atoms with Crippen molar-refractivity contribution in [3.05, 3.63) is 55.7 Å². The Bertz CT molecular complexity index is 1060. The van der Waals surface area contributed by atoms with Crippen LogP contribution in [-0.4, -0.2) is 40.5 Å². The summed E-state index contributed by atoms with van der Waals surface area (Å²) in [7, 11) is 3.14. The van der Waals surface area contributed by atoms with E-state index in [9.17, 15) is 14.7 Å². The normalized spacial score (nSPS) is 15.3. The van der Waals surface area contributed by atoms with Gasteiger partial charge in [0.15, 0.2) is 11.5 Å². The van der Waals surface area contributed by atoms with Crippen LogP contribution in [0.2, 0.25) is 0 Å². The van der Waals surface area contributed by atoms with Gasteiger partial charge >= 0.3 is 5.69 Å². The molecule has 142 valence electrons. The van der Waals surface area contributed by atoms with Crippen molar-refractivity contribution in [1.82, 2.24) is 9.97 Å². The molecule has 1 aromatic heterocycles. The fourth-order valence-electron chi connectivity index (χ4n) is 3.13. The average molecular weight is 371 g/mol. The smallest absolute Gasteiger partial charge is 0.328 e. The molecule has 2 heterocycles. The number of H-pyrrole nitrogens is 2. The highest BCUT2D eigenvalue weighted by atomic mass is 16.5. The van der Waals surface area contributed by atoms with E-state index in [-0.39, 0.29) is 11.1 Å². The number of rotatable bonds is 4. The maximum Gasteiger partial charge on any atom is 0.328 e. The van der Waals surface area contributed by atoms with Crippen LogP contribution in [0.5, 0.6) is 17.4 Å². The van der Waals surface area contributed by atoms with E-state index in [4.69, 9.17) is 14.5 Å². The number of aromatic hydroxyl groups is 1. The number of methoxy groups -OCH3 is 2. The number of allylic oxidation sites excluding steroid dienone is 1. The van der Waals surface area contributed by atoms with Crippen molar-refractivity contribution in [2.24, 2.45) is 4.99 Å². The molecular formula is C19H21N3O5. The third-order valence-corrected chi connectivity index (χ3v) is 4.30. The van der Waals surface area contributed by atoms with E-state index in [1.54, 1.807) is 20.3 Å². The number of nitrogens with one attached hydrogen (secondary N) is 2. The predicted octanol–water partition coefficient (Wildman–Crippen LogP) is 1.62.